The molecule has 0 radical (unpaired) electrons. The van der Waals surface area contributed by atoms with Crippen molar-refractivity contribution < 1.29 is 4.74 Å². The second kappa shape index (κ2) is 5.10. The molecule has 2 aliphatic rings. The maximum Gasteiger partial charge on any atom is 0.0652 e. The average molecular weight is 254 g/mol. The Morgan fingerprint density at radius 3 is 2.44 bits per heavy atom. The molecular formula is C15H30N2O. The van der Waals surface area contributed by atoms with E-state index in [2.05, 4.69) is 45.0 Å². The standard InChI is InChI=1S/C15H30N2O/c1-10-9-17(5)11(2)7-12(10)16-13-8-14(18-6)15(13,3)4/h10-14,16H,7-9H2,1-6H3. The van der Waals surface area contributed by atoms with Crippen molar-refractivity contribution in [3.63, 3.8) is 0 Å². The Labute approximate surface area is 112 Å². The minimum atomic E-state index is 0.279. The van der Waals surface area contributed by atoms with Gasteiger partial charge < -0.3 is 15.0 Å². The van der Waals surface area contributed by atoms with Gasteiger partial charge in [0.15, 0.2) is 0 Å². The SMILES string of the molecule is COC1CC(NC2CC(C)N(C)CC2C)C1(C)C. The van der Waals surface area contributed by atoms with Gasteiger partial charge in [0.2, 0.25) is 0 Å². The molecule has 5 unspecified atom stereocenters. The normalized spacial score (nSPS) is 44.7. The highest BCUT2D eigenvalue weighted by Gasteiger charge is 2.49. The van der Waals surface area contributed by atoms with Crippen molar-refractivity contribution in [1.82, 2.24) is 10.2 Å². The summed E-state index contributed by atoms with van der Waals surface area (Å²) in [4.78, 5) is 2.48. The van der Waals surface area contributed by atoms with Crippen molar-refractivity contribution in [2.45, 2.75) is 64.8 Å². The fraction of sp³-hybridized carbons (Fsp3) is 1.00. The summed E-state index contributed by atoms with van der Waals surface area (Å²) >= 11 is 0. The lowest BCUT2D eigenvalue weighted by molar-refractivity contribution is -0.104. The van der Waals surface area contributed by atoms with Crippen LogP contribution < -0.4 is 5.32 Å². The van der Waals surface area contributed by atoms with Crippen LogP contribution in [0, 0.1) is 11.3 Å². The Kier molecular flexibility index (Phi) is 4.05. The molecule has 18 heavy (non-hydrogen) atoms. The molecule has 5 atom stereocenters. The van der Waals surface area contributed by atoms with Gasteiger partial charge in [0, 0.05) is 37.2 Å². The lowest BCUT2D eigenvalue weighted by Crippen LogP contribution is -2.65. The van der Waals surface area contributed by atoms with E-state index in [0.29, 0.717) is 24.2 Å². The first-order valence-corrected chi connectivity index (χ1v) is 7.35. The number of nitrogens with one attached hydrogen (secondary N) is 1. The van der Waals surface area contributed by atoms with E-state index in [1.54, 1.807) is 0 Å². The van der Waals surface area contributed by atoms with Crippen LogP contribution in [-0.2, 0) is 4.74 Å². The van der Waals surface area contributed by atoms with Crippen molar-refractivity contribution >= 4 is 0 Å². The van der Waals surface area contributed by atoms with Crippen LogP contribution in [0.15, 0.2) is 0 Å². The molecule has 1 saturated heterocycles. The van der Waals surface area contributed by atoms with E-state index in [-0.39, 0.29) is 5.41 Å². The predicted molar refractivity (Wildman–Crippen MR) is 75.8 cm³/mol. The molecule has 106 valence electrons. The Bertz CT molecular complexity index is 292. The van der Waals surface area contributed by atoms with Gasteiger partial charge in [0.1, 0.15) is 0 Å². The minimum absolute atomic E-state index is 0.279. The van der Waals surface area contributed by atoms with Crippen LogP contribution in [-0.4, -0.2) is 49.8 Å². The van der Waals surface area contributed by atoms with E-state index in [4.69, 9.17) is 4.74 Å². The van der Waals surface area contributed by atoms with Gasteiger partial charge >= 0.3 is 0 Å². The fourth-order valence-electron chi connectivity index (χ4n) is 3.60. The highest BCUT2D eigenvalue weighted by molar-refractivity contribution is 5.04. The fourth-order valence-corrected chi connectivity index (χ4v) is 3.60. The smallest absolute Gasteiger partial charge is 0.0652 e. The maximum absolute atomic E-state index is 5.54. The van der Waals surface area contributed by atoms with E-state index < -0.39 is 0 Å². The topological polar surface area (TPSA) is 24.5 Å². The number of ether oxygens (including phenoxy) is 1. The first kappa shape index (κ1) is 14.3. The van der Waals surface area contributed by atoms with Crippen LogP contribution in [0.2, 0.25) is 0 Å². The number of methoxy groups -OCH3 is 1. The van der Waals surface area contributed by atoms with E-state index in [9.17, 15) is 0 Å². The minimum Gasteiger partial charge on any atom is -0.381 e. The second-order valence-electron chi connectivity index (χ2n) is 7.11. The molecule has 2 fully saturated rings. The summed E-state index contributed by atoms with van der Waals surface area (Å²) in [6.45, 7) is 10.6. The van der Waals surface area contributed by atoms with Crippen molar-refractivity contribution in [3.8, 4) is 0 Å². The summed E-state index contributed by atoms with van der Waals surface area (Å²) in [5.74, 6) is 0.739. The monoisotopic (exact) mass is 254 g/mol. The first-order chi connectivity index (χ1) is 8.36. The van der Waals surface area contributed by atoms with E-state index in [0.717, 1.165) is 12.3 Å². The summed E-state index contributed by atoms with van der Waals surface area (Å²) in [5, 5.41) is 3.90. The van der Waals surface area contributed by atoms with E-state index in [1.807, 2.05) is 7.11 Å². The Hall–Kier alpha value is -0.120. The highest BCUT2D eigenvalue weighted by Crippen LogP contribution is 2.43. The molecule has 0 spiro atoms. The molecule has 0 aromatic rings. The van der Waals surface area contributed by atoms with Gasteiger partial charge in [-0.05, 0) is 32.7 Å². The Morgan fingerprint density at radius 2 is 1.89 bits per heavy atom. The lowest BCUT2D eigenvalue weighted by atomic mass is 9.64. The largest absolute Gasteiger partial charge is 0.381 e. The van der Waals surface area contributed by atoms with Gasteiger partial charge in [-0.1, -0.05) is 20.8 Å². The zero-order chi connectivity index (χ0) is 13.5. The van der Waals surface area contributed by atoms with E-state index >= 15 is 0 Å². The second-order valence-corrected chi connectivity index (χ2v) is 7.11. The first-order valence-electron chi connectivity index (χ1n) is 7.35. The van der Waals surface area contributed by atoms with Crippen molar-refractivity contribution in [2.75, 3.05) is 20.7 Å². The van der Waals surface area contributed by atoms with Gasteiger partial charge in [-0.2, -0.15) is 0 Å². The number of rotatable bonds is 3. The average Bonchev–Trinajstić information content (AvgIpc) is 2.30. The summed E-state index contributed by atoms with van der Waals surface area (Å²) in [5.41, 5.74) is 0.279. The van der Waals surface area contributed by atoms with Crippen LogP contribution in [0.25, 0.3) is 0 Å². The van der Waals surface area contributed by atoms with Gasteiger partial charge in [-0.3, -0.25) is 0 Å². The number of hydrogen-bond acceptors (Lipinski definition) is 3. The molecule has 1 heterocycles. The molecule has 2 rings (SSSR count). The van der Waals surface area contributed by atoms with Crippen molar-refractivity contribution in [2.24, 2.45) is 11.3 Å². The molecule has 3 nitrogen and oxygen atoms in total. The van der Waals surface area contributed by atoms with Gasteiger partial charge in [0.05, 0.1) is 6.10 Å². The van der Waals surface area contributed by atoms with Gasteiger partial charge in [-0.25, -0.2) is 0 Å². The zero-order valence-electron chi connectivity index (χ0n) is 12.9. The molecule has 0 aromatic carbocycles. The molecule has 1 N–H and O–H groups in total. The third kappa shape index (κ3) is 2.45. The summed E-state index contributed by atoms with van der Waals surface area (Å²) in [7, 11) is 4.08. The molecule has 0 aromatic heterocycles. The van der Waals surface area contributed by atoms with Gasteiger partial charge in [-0.15, -0.1) is 0 Å². The van der Waals surface area contributed by atoms with Gasteiger partial charge in [0.25, 0.3) is 0 Å². The zero-order valence-corrected chi connectivity index (χ0v) is 12.9. The quantitative estimate of drug-likeness (QED) is 0.835. The maximum atomic E-state index is 5.54. The molecule has 0 amide bonds. The number of piperidine rings is 1. The molecule has 1 saturated carbocycles. The lowest BCUT2D eigenvalue weighted by Gasteiger charge is -2.54. The summed E-state index contributed by atoms with van der Waals surface area (Å²) < 4.78 is 5.54. The van der Waals surface area contributed by atoms with Crippen molar-refractivity contribution in [1.29, 1.82) is 0 Å². The number of hydrogen-bond donors (Lipinski definition) is 1. The summed E-state index contributed by atoms with van der Waals surface area (Å²) in [6, 6.07) is 1.98. The number of likely N-dealkylation sites (tertiary alicyclic amines) is 1. The third-order valence-electron chi connectivity index (χ3n) is 5.49. The van der Waals surface area contributed by atoms with Crippen LogP contribution in [0.1, 0.15) is 40.5 Å². The molecular weight excluding hydrogens is 224 g/mol. The van der Waals surface area contributed by atoms with E-state index in [1.165, 1.54) is 13.0 Å². The number of nitrogens with zero attached hydrogens (tertiary/aromatic N) is 1. The van der Waals surface area contributed by atoms with Crippen molar-refractivity contribution in [3.05, 3.63) is 0 Å². The Morgan fingerprint density at radius 1 is 1.22 bits per heavy atom. The highest BCUT2D eigenvalue weighted by atomic mass is 16.5. The molecule has 0 bridgehead atoms. The predicted octanol–water partition coefficient (Wildman–Crippen LogP) is 2.12. The molecule has 1 aliphatic heterocycles. The van der Waals surface area contributed by atoms with Crippen LogP contribution in [0.5, 0.6) is 0 Å². The Balaban J connectivity index is 1.91. The third-order valence-corrected chi connectivity index (χ3v) is 5.49. The van der Waals surface area contributed by atoms with Crippen LogP contribution >= 0.6 is 0 Å². The molecule has 1 aliphatic carbocycles. The van der Waals surface area contributed by atoms with Crippen LogP contribution in [0.4, 0.5) is 0 Å². The summed E-state index contributed by atoms with van der Waals surface area (Å²) in [6.07, 6.45) is 2.85. The van der Waals surface area contributed by atoms with Crippen LogP contribution in [0.3, 0.4) is 0 Å². The molecule has 3 heteroatoms.